The van der Waals surface area contributed by atoms with Crippen molar-refractivity contribution in [1.82, 2.24) is 4.90 Å². The molecule has 0 aromatic carbocycles. The quantitative estimate of drug-likeness (QED) is 0.699. The Kier molecular flexibility index (Phi) is 3.74. The molecule has 1 saturated carbocycles. The SMILES string of the molecule is CN1C2CCC1CC(C(=O)C1CCCCCC1)C2. The third kappa shape index (κ3) is 2.36. The predicted molar refractivity (Wildman–Crippen MR) is 73.5 cm³/mol. The van der Waals surface area contributed by atoms with E-state index in [0.717, 1.165) is 12.8 Å². The van der Waals surface area contributed by atoms with Crippen LogP contribution in [0.4, 0.5) is 0 Å². The van der Waals surface area contributed by atoms with E-state index < -0.39 is 0 Å². The minimum atomic E-state index is 0.404. The van der Waals surface area contributed by atoms with Gasteiger partial charge in [-0.15, -0.1) is 0 Å². The van der Waals surface area contributed by atoms with Crippen LogP contribution >= 0.6 is 0 Å². The molecule has 2 nitrogen and oxygen atoms in total. The van der Waals surface area contributed by atoms with Crippen LogP contribution in [0.5, 0.6) is 0 Å². The lowest BCUT2D eigenvalue weighted by molar-refractivity contribution is -0.129. The van der Waals surface area contributed by atoms with Crippen molar-refractivity contribution in [3.63, 3.8) is 0 Å². The van der Waals surface area contributed by atoms with Gasteiger partial charge in [0.2, 0.25) is 0 Å². The van der Waals surface area contributed by atoms with Gasteiger partial charge in [-0.2, -0.15) is 0 Å². The molecule has 2 heterocycles. The van der Waals surface area contributed by atoms with Crippen molar-refractivity contribution < 1.29 is 4.79 Å². The third-order valence-corrected chi connectivity index (χ3v) is 5.76. The number of piperidine rings is 1. The monoisotopic (exact) mass is 249 g/mol. The van der Waals surface area contributed by atoms with Crippen LogP contribution in [-0.2, 0) is 4.79 Å². The first-order chi connectivity index (χ1) is 8.75. The summed E-state index contributed by atoms with van der Waals surface area (Å²) in [6.07, 6.45) is 12.6. The molecule has 2 aliphatic heterocycles. The fourth-order valence-corrected chi connectivity index (χ4v) is 4.54. The van der Waals surface area contributed by atoms with E-state index in [2.05, 4.69) is 11.9 Å². The highest BCUT2D eigenvalue weighted by atomic mass is 16.1. The van der Waals surface area contributed by atoms with Crippen molar-refractivity contribution >= 4 is 5.78 Å². The standard InChI is InChI=1S/C16H27NO/c1-17-14-8-9-15(17)11-13(10-14)16(18)12-6-4-2-3-5-7-12/h12-15H,2-11H2,1H3. The second-order valence-corrected chi connectivity index (χ2v) is 6.81. The summed E-state index contributed by atoms with van der Waals surface area (Å²) in [5, 5.41) is 0. The van der Waals surface area contributed by atoms with Gasteiger partial charge >= 0.3 is 0 Å². The summed E-state index contributed by atoms with van der Waals surface area (Å²) in [5.41, 5.74) is 0. The van der Waals surface area contributed by atoms with Crippen LogP contribution in [0.25, 0.3) is 0 Å². The second-order valence-electron chi connectivity index (χ2n) is 6.81. The first kappa shape index (κ1) is 12.7. The summed E-state index contributed by atoms with van der Waals surface area (Å²) < 4.78 is 0. The van der Waals surface area contributed by atoms with Crippen molar-refractivity contribution in [3.05, 3.63) is 0 Å². The zero-order valence-electron chi connectivity index (χ0n) is 11.7. The molecule has 0 aromatic heterocycles. The third-order valence-electron chi connectivity index (χ3n) is 5.76. The van der Waals surface area contributed by atoms with Crippen LogP contribution < -0.4 is 0 Å². The van der Waals surface area contributed by atoms with Gasteiger partial charge in [0.05, 0.1) is 0 Å². The molecule has 3 aliphatic rings. The van der Waals surface area contributed by atoms with Crippen LogP contribution in [0.1, 0.15) is 64.2 Å². The van der Waals surface area contributed by atoms with Gasteiger partial charge in [-0.1, -0.05) is 25.7 Å². The van der Waals surface area contributed by atoms with Gasteiger partial charge < -0.3 is 4.90 Å². The average Bonchev–Trinajstić information content (AvgIpc) is 2.67. The van der Waals surface area contributed by atoms with Gasteiger partial charge in [0.15, 0.2) is 0 Å². The number of carbonyl (C=O) groups excluding carboxylic acids is 1. The number of hydrogen-bond acceptors (Lipinski definition) is 2. The summed E-state index contributed by atoms with van der Waals surface area (Å²) in [5.74, 6) is 1.46. The zero-order chi connectivity index (χ0) is 12.5. The first-order valence-corrected chi connectivity index (χ1v) is 8.01. The van der Waals surface area contributed by atoms with Gasteiger partial charge in [0.25, 0.3) is 0 Å². The molecule has 2 heteroatoms. The maximum absolute atomic E-state index is 12.7. The number of fused-ring (bicyclic) bond motifs is 2. The van der Waals surface area contributed by atoms with Crippen molar-refractivity contribution in [2.75, 3.05) is 7.05 Å². The highest BCUT2D eigenvalue weighted by Crippen LogP contribution is 2.40. The number of carbonyl (C=O) groups is 1. The molecule has 2 bridgehead atoms. The van der Waals surface area contributed by atoms with E-state index in [-0.39, 0.29) is 0 Å². The molecular formula is C16H27NO. The fraction of sp³-hybridized carbons (Fsp3) is 0.938. The van der Waals surface area contributed by atoms with E-state index in [1.54, 1.807) is 0 Å². The maximum atomic E-state index is 12.7. The Morgan fingerprint density at radius 1 is 0.833 bits per heavy atom. The zero-order valence-corrected chi connectivity index (χ0v) is 11.7. The van der Waals surface area contributed by atoms with E-state index in [0.29, 0.717) is 29.7 Å². The maximum Gasteiger partial charge on any atom is 0.139 e. The lowest BCUT2D eigenvalue weighted by Crippen LogP contribution is -2.43. The molecule has 0 N–H and O–H groups in total. The smallest absolute Gasteiger partial charge is 0.139 e. The molecule has 2 saturated heterocycles. The Labute approximate surface area is 111 Å². The Morgan fingerprint density at radius 2 is 1.39 bits per heavy atom. The molecule has 3 rings (SSSR count). The highest BCUT2D eigenvalue weighted by Gasteiger charge is 2.42. The van der Waals surface area contributed by atoms with Crippen LogP contribution in [0.3, 0.4) is 0 Å². The molecule has 102 valence electrons. The molecule has 0 aromatic rings. The Morgan fingerprint density at radius 3 is 1.94 bits per heavy atom. The number of rotatable bonds is 2. The van der Waals surface area contributed by atoms with Crippen molar-refractivity contribution in [3.8, 4) is 0 Å². The Bertz CT molecular complexity index is 292. The van der Waals surface area contributed by atoms with Crippen molar-refractivity contribution in [2.24, 2.45) is 11.8 Å². The van der Waals surface area contributed by atoms with Crippen LogP contribution in [0.15, 0.2) is 0 Å². The minimum Gasteiger partial charge on any atom is -0.300 e. The molecule has 18 heavy (non-hydrogen) atoms. The van der Waals surface area contributed by atoms with E-state index in [1.807, 2.05) is 0 Å². The largest absolute Gasteiger partial charge is 0.300 e. The van der Waals surface area contributed by atoms with Gasteiger partial charge in [0.1, 0.15) is 5.78 Å². The van der Waals surface area contributed by atoms with Gasteiger partial charge in [-0.05, 0) is 45.6 Å². The van der Waals surface area contributed by atoms with E-state index in [1.165, 1.54) is 51.4 Å². The molecule has 0 amide bonds. The van der Waals surface area contributed by atoms with Gasteiger partial charge in [-0.3, -0.25) is 4.79 Å². The van der Waals surface area contributed by atoms with Gasteiger partial charge in [0, 0.05) is 23.9 Å². The summed E-state index contributed by atoms with van der Waals surface area (Å²) in [4.78, 5) is 15.3. The summed E-state index contributed by atoms with van der Waals surface area (Å²) in [6.45, 7) is 0. The van der Waals surface area contributed by atoms with Crippen molar-refractivity contribution in [1.29, 1.82) is 0 Å². The molecule has 2 atom stereocenters. The topological polar surface area (TPSA) is 20.3 Å². The molecular weight excluding hydrogens is 222 g/mol. The Balaban J connectivity index is 1.62. The van der Waals surface area contributed by atoms with Crippen LogP contribution in [-0.4, -0.2) is 29.8 Å². The van der Waals surface area contributed by atoms with E-state index in [9.17, 15) is 4.79 Å². The molecule has 1 aliphatic carbocycles. The molecule has 0 radical (unpaired) electrons. The van der Waals surface area contributed by atoms with E-state index >= 15 is 0 Å². The lowest BCUT2D eigenvalue weighted by atomic mass is 9.80. The fourth-order valence-electron chi connectivity index (χ4n) is 4.54. The van der Waals surface area contributed by atoms with Crippen LogP contribution in [0.2, 0.25) is 0 Å². The minimum absolute atomic E-state index is 0.404. The summed E-state index contributed by atoms with van der Waals surface area (Å²) >= 11 is 0. The highest BCUT2D eigenvalue weighted by molar-refractivity contribution is 5.83. The lowest BCUT2D eigenvalue weighted by Gasteiger charge is -2.36. The van der Waals surface area contributed by atoms with E-state index in [4.69, 9.17) is 0 Å². The second kappa shape index (κ2) is 5.32. The molecule has 2 unspecified atom stereocenters. The molecule has 0 spiro atoms. The van der Waals surface area contributed by atoms with Crippen molar-refractivity contribution in [2.45, 2.75) is 76.3 Å². The molecule has 3 fully saturated rings. The van der Waals surface area contributed by atoms with Gasteiger partial charge in [-0.25, -0.2) is 0 Å². The average molecular weight is 249 g/mol. The number of Topliss-reactive ketones (excluding diaryl/α,β-unsaturated/α-hetero) is 1. The first-order valence-electron chi connectivity index (χ1n) is 8.01. The predicted octanol–water partition coefficient (Wildman–Crippen LogP) is 3.40. The number of hydrogen-bond donors (Lipinski definition) is 0. The summed E-state index contributed by atoms with van der Waals surface area (Å²) in [7, 11) is 2.26. The van der Waals surface area contributed by atoms with Crippen LogP contribution in [0, 0.1) is 11.8 Å². The number of ketones is 1. The summed E-state index contributed by atoms with van der Waals surface area (Å²) in [6, 6.07) is 1.42. The normalized spacial score (nSPS) is 38.6. The Hall–Kier alpha value is -0.370. The number of nitrogens with zero attached hydrogens (tertiary/aromatic N) is 1.